The van der Waals surface area contributed by atoms with E-state index in [1.807, 2.05) is 35.9 Å². The Morgan fingerprint density at radius 1 is 1.23 bits per heavy atom. The van der Waals surface area contributed by atoms with Crippen LogP contribution in [0.5, 0.6) is 5.75 Å². The number of nitrogens with one attached hydrogen (secondary N) is 1. The third-order valence-electron chi connectivity index (χ3n) is 6.90. The largest absolute Gasteiger partial charge is 0.487 e. The minimum atomic E-state index is -4.18. The van der Waals surface area contributed by atoms with Gasteiger partial charge in [0.1, 0.15) is 28.8 Å². The molecule has 0 unspecified atom stereocenters. The second kappa shape index (κ2) is 11.3. The SMILES string of the molecule is CNC(=O)[C@@H]1C[C@H](OC)CN1S(=O)(=O)c1ccc(Cl)c(COc2cccc3c(-n4ccnc4)cc(C)nc23)c1Cl. The highest BCUT2D eigenvalue weighted by atomic mass is 35.5. The van der Waals surface area contributed by atoms with Gasteiger partial charge < -0.3 is 19.4 Å². The summed E-state index contributed by atoms with van der Waals surface area (Å²) in [6, 6.07) is 9.37. The fourth-order valence-corrected chi connectivity index (χ4v) is 7.35. The zero-order valence-electron chi connectivity index (χ0n) is 22.0. The van der Waals surface area contributed by atoms with Crippen LogP contribution >= 0.6 is 23.2 Å². The van der Waals surface area contributed by atoms with E-state index < -0.39 is 28.1 Å². The van der Waals surface area contributed by atoms with Gasteiger partial charge in [-0.15, -0.1) is 0 Å². The molecule has 1 fully saturated rings. The molecule has 2 aromatic heterocycles. The molecule has 1 amide bonds. The summed E-state index contributed by atoms with van der Waals surface area (Å²) in [5.41, 5.74) is 2.59. The lowest BCUT2D eigenvalue weighted by Gasteiger charge is -2.24. The van der Waals surface area contributed by atoms with Gasteiger partial charge in [0.25, 0.3) is 0 Å². The number of benzene rings is 2. The second-order valence-corrected chi connectivity index (χ2v) is 12.0. The van der Waals surface area contributed by atoms with Crippen LogP contribution in [0.15, 0.2) is 60.0 Å². The van der Waals surface area contributed by atoms with E-state index in [1.54, 1.807) is 18.6 Å². The van der Waals surface area contributed by atoms with E-state index in [1.165, 1.54) is 26.3 Å². The zero-order chi connectivity index (χ0) is 28.6. The number of amides is 1. The molecule has 1 saturated heterocycles. The highest BCUT2D eigenvalue weighted by Gasteiger charge is 2.44. The number of halogens is 2. The molecule has 13 heteroatoms. The van der Waals surface area contributed by atoms with Gasteiger partial charge in [-0.25, -0.2) is 18.4 Å². The molecule has 1 N–H and O–H groups in total. The predicted octanol–water partition coefficient (Wildman–Crippen LogP) is 4.14. The fraction of sp³-hybridized carbons (Fsp3) is 0.296. The Morgan fingerprint density at radius 3 is 2.73 bits per heavy atom. The third kappa shape index (κ3) is 5.15. The van der Waals surface area contributed by atoms with Crippen LogP contribution in [0.1, 0.15) is 17.7 Å². The van der Waals surface area contributed by atoms with Crippen LogP contribution in [0, 0.1) is 6.92 Å². The van der Waals surface area contributed by atoms with Crippen molar-refractivity contribution in [3.8, 4) is 11.4 Å². The Bertz CT molecular complexity index is 1680. The molecule has 40 heavy (non-hydrogen) atoms. The minimum absolute atomic E-state index is 0.0159. The number of likely N-dealkylation sites (N-methyl/N-ethyl adjacent to an activating group) is 1. The van der Waals surface area contributed by atoms with E-state index in [9.17, 15) is 13.2 Å². The number of aryl methyl sites for hydroxylation is 1. The van der Waals surface area contributed by atoms with Crippen molar-refractivity contribution >= 4 is 50.0 Å². The highest BCUT2D eigenvalue weighted by molar-refractivity contribution is 7.89. The maximum absolute atomic E-state index is 13.8. The molecular weight excluding hydrogens is 577 g/mol. The number of imidazole rings is 1. The summed E-state index contributed by atoms with van der Waals surface area (Å²) in [7, 11) is -1.25. The van der Waals surface area contributed by atoms with Crippen molar-refractivity contribution in [2.75, 3.05) is 20.7 Å². The first-order chi connectivity index (χ1) is 19.1. The molecule has 3 heterocycles. The summed E-state index contributed by atoms with van der Waals surface area (Å²) in [4.78, 5) is 21.2. The number of nitrogens with zero attached hydrogens (tertiary/aromatic N) is 4. The van der Waals surface area contributed by atoms with E-state index in [4.69, 9.17) is 32.7 Å². The summed E-state index contributed by atoms with van der Waals surface area (Å²) in [5, 5.41) is 3.53. The number of para-hydroxylation sites is 1. The lowest BCUT2D eigenvalue weighted by atomic mass is 10.1. The van der Waals surface area contributed by atoms with Crippen molar-refractivity contribution in [1.82, 2.24) is 24.2 Å². The molecule has 0 spiro atoms. The number of ether oxygens (including phenoxy) is 2. The standard InChI is InChI=1S/C27H27Cl2N5O5S/c1-16-11-21(33-10-9-31-15-33)18-5-4-6-23(26(18)32-16)39-14-19-20(28)7-8-24(25(19)29)40(36,37)34-13-17(38-3)12-22(34)27(35)30-2/h4-11,15,17,22H,12-14H2,1-3H3,(H,30,35)/t17-,22-/m0/s1. The van der Waals surface area contributed by atoms with Crippen LogP contribution < -0.4 is 10.1 Å². The first-order valence-corrected chi connectivity index (χ1v) is 14.6. The van der Waals surface area contributed by atoms with Crippen LogP contribution in [0.3, 0.4) is 0 Å². The smallest absolute Gasteiger partial charge is 0.245 e. The molecule has 1 aliphatic heterocycles. The van der Waals surface area contributed by atoms with Crippen LogP contribution in [-0.2, 0) is 26.2 Å². The van der Waals surface area contributed by atoms with Crippen molar-refractivity contribution < 1.29 is 22.7 Å². The Balaban J connectivity index is 1.49. The number of hydrogen-bond acceptors (Lipinski definition) is 7. The third-order valence-corrected chi connectivity index (χ3v) is 9.72. The summed E-state index contributed by atoms with van der Waals surface area (Å²) in [5.74, 6) is 0.0516. The van der Waals surface area contributed by atoms with Gasteiger partial charge in [-0.1, -0.05) is 35.3 Å². The average Bonchev–Trinajstić information content (AvgIpc) is 3.63. The van der Waals surface area contributed by atoms with E-state index in [-0.39, 0.29) is 34.5 Å². The Kier molecular flexibility index (Phi) is 8.03. The van der Waals surface area contributed by atoms with E-state index in [0.29, 0.717) is 16.8 Å². The van der Waals surface area contributed by atoms with Gasteiger partial charge in [0.15, 0.2) is 0 Å². The predicted molar refractivity (Wildman–Crippen MR) is 152 cm³/mol. The lowest BCUT2D eigenvalue weighted by molar-refractivity contribution is -0.123. The Hall–Kier alpha value is -3.22. The molecule has 5 rings (SSSR count). The topological polar surface area (TPSA) is 116 Å². The minimum Gasteiger partial charge on any atom is -0.487 e. The molecule has 0 saturated carbocycles. The number of fused-ring (bicyclic) bond motifs is 1. The summed E-state index contributed by atoms with van der Waals surface area (Å²) >= 11 is 13.2. The molecule has 0 radical (unpaired) electrons. The van der Waals surface area contributed by atoms with Crippen molar-refractivity contribution in [2.24, 2.45) is 0 Å². The van der Waals surface area contributed by atoms with Gasteiger partial charge in [0.2, 0.25) is 15.9 Å². The number of carbonyl (C=O) groups is 1. The van der Waals surface area contributed by atoms with Gasteiger partial charge in [0, 0.05) is 61.2 Å². The molecule has 4 aromatic rings. The van der Waals surface area contributed by atoms with Crippen molar-refractivity contribution in [3.05, 3.63) is 76.4 Å². The second-order valence-electron chi connectivity index (χ2n) is 9.33. The number of hydrogen-bond donors (Lipinski definition) is 1. The van der Waals surface area contributed by atoms with Gasteiger partial charge >= 0.3 is 0 Å². The number of aromatic nitrogens is 3. The average molecular weight is 605 g/mol. The normalized spacial score (nSPS) is 17.8. The number of pyridine rings is 1. The first-order valence-electron chi connectivity index (χ1n) is 12.4. The Labute approximate surface area is 241 Å². The maximum atomic E-state index is 13.8. The van der Waals surface area contributed by atoms with E-state index in [2.05, 4.69) is 15.3 Å². The van der Waals surface area contributed by atoms with Crippen LogP contribution in [0.2, 0.25) is 10.0 Å². The van der Waals surface area contributed by atoms with Gasteiger partial charge in [-0.3, -0.25) is 4.79 Å². The number of rotatable bonds is 8. The molecule has 0 bridgehead atoms. The van der Waals surface area contributed by atoms with Crippen LogP contribution in [0.4, 0.5) is 0 Å². The first kappa shape index (κ1) is 28.3. The summed E-state index contributed by atoms with van der Waals surface area (Å²) in [6.07, 6.45) is 5.04. The monoisotopic (exact) mass is 603 g/mol. The molecule has 0 aliphatic carbocycles. The van der Waals surface area contributed by atoms with Crippen molar-refractivity contribution in [3.63, 3.8) is 0 Å². The molecule has 2 aromatic carbocycles. The number of carbonyl (C=O) groups excluding carboxylic acids is 1. The molecule has 210 valence electrons. The molecule has 1 aliphatic rings. The van der Waals surface area contributed by atoms with Crippen LogP contribution in [0.25, 0.3) is 16.6 Å². The van der Waals surface area contributed by atoms with E-state index in [0.717, 1.165) is 21.1 Å². The Morgan fingerprint density at radius 2 is 2.02 bits per heavy atom. The maximum Gasteiger partial charge on any atom is 0.245 e. The molecule has 2 atom stereocenters. The summed E-state index contributed by atoms with van der Waals surface area (Å²) < 4.78 is 42.0. The van der Waals surface area contributed by atoms with Gasteiger partial charge in [-0.2, -0.15) is 4.31 Å². The van der Waals surface area contributed by atoms with Crippen molar-refractivity contribution in [2.45, 2.75) is 37.0 Å². The number of sulfonamides is 1. The van der Waals surface area contributed by atoms with Gasteiger partial charge in [-0.05, 0) is 31.2 Å². The van der Waals surface area contributed by atoms with Gasteiger partial charge in [0.05, 0.1) is 23.1 Å². The highest BCUT2D eigenvalue weighted by Crippen LogP contribution is 2.37. The fourth-order valence-electron chi connectivity index (χ4n) is 4.85. The summed E-state index contributed by atoms with van der Waals surface area (Å²) in [6.45, 7) is 1.79. The molecule has 10 nitrogen and oxygen atoms in total. The van der Waals surface area contributed by atoms with Crippen LogP contribution in [-0.4, -0.2) is 66.0 Å². The quantitative estimate of drug-likeness (QED) is 0.322. The molecular formula is C27H27Cl2N5O5S. The number of methoxy groups -OCH3 is 1. The lowest BCUT2D eigenvalue weighted by Crippen LogP contribution is -2.44. The van der Waals surface area contributed by atoms with Crippen molar-refractivity contribution in [1.29, 1.82) is 0 Å². The van der Waals surface area contributed by atoms with E-state index >= 15 is 0 Å². The zero-order valence-corrected chi connectivity index (χ0v) is 24.3.